The zero-order chi connectivity index (χ0) is 10.0. The van der Waals surface area contributed by atoms with E-state index in [1.165, 1.54) is 23.4 Å². The Morgan fingerprint density at radius 2 is 2.07 bits per heavy atom. The van der Waals surface area contributed by atoms with Crippen LogP contribution in [-0.2, 0) is 7.05 Å². The first-order valence-electron chi connectivity index (χ1n) is 4.78. The summed E-state index contributed by atoms with van der Waals surface area (Å²) in [6, 6.07) is 0. The molecule has 1 atom stereocenters. The van der Waals surface area contributed by atoms with E-state index in [4.69, 9.17) is 5.41 Å². The fraction of sp³-hybridized carbons (Fsp3) is 0.700. The lowest BCUT2D eigenvalue weighted by molar-refractivity contribution is 0.663. The summed E-state index contributed by atoms with van der Waals surface area (Å²) in [4.78, 5) is 2.05. The normalized spacial score (nSPS) is 12.3. The van der Waals surface area contributed by atoms with Gasteiger partial charge in [-0.1, -0.05) is 20.3 Å². The number of halogens is 1. The van der Waals surface area contributed by atoms with E-state index < -0.39 is 0 Å². The maximum Gasteiger partial charge on any atom is 0.182 e. The topological polar surface area (TPSA) is 28.8 Å². The summed E-state index contributed by atoms with van der Waals surface area (Å²) in [5.74, 6) is 0.611. The van der Waals surface area contributed by atoms with Gasteiger partial charge in [-0.3, -0.25) is 5.41 Å². The van der Waals surface area contributed by atoms with Gasteiger partial charge in [-0.05, 0) is 19.3 Å². The number of thiazole rings is 1. The van der Waals surface area contributed by atoms with E-state index in [0.29, 0.717) is 10.7 Å². The van der Waals surface area contributed by atoms with E-state index in [-0.39, 0.29) is 24.0 Å². The molecule has 1 aromatic heterocycles. The van der Waals surface area contributed by atoms with E-state index in [9.17, 15) is 0 Å². The lowest BCUT2D eigenvalue weighted by Gasteiger charge is -2.08. The van der Waals surface area contributed by atoms with Crippen LogP contribution in [0.4, 0.5) is 0 Å². The predicted octanol–water partition coefficient (Wildman–Crippen LogP) is 3.40. The molecule has 0 saturated heterocycles. The summed E-state index contributed by atoms with van der Waals surface area (Å²) in [6.45, 7) is 6.57. The van der Waals surface area contributed by atoms with Gasteiger partial charge in [0, 0.05) is 17.6 Å². The molecular formula is C10H19IN2S. The lowest BCUT2D eigenvalue weighted by atomic mass is 10.0. The largest absolute Gasteiger partial charge is 0.324 e. The highest BCUT2D eigenvalue weighted by Crippen LogP contribution is 2.25. The first kappa shape index (κ1) is 14.2. The standard InChI is InChI=1S/C10H18N2S.HI/c1-5-6-7(2)9-8(3)12(4)10(11)13-9;/h7,11H,5-6H2,1-4H3;1H. The summed E-state index contributed by atoms with van der Waals surface area (Å²) < 4.78 is 1.96. The molecule has 0 aromatic carbocycles. The second-order valence-electron chi connectivity index (χ2n) is 3.61. The van der Waals surface area contributed by atoms with Crippen molar-refractivity contribution in [3.8, 4) is 0 Å². The van der Waals surface area contributed by atoms with E-state index in [1.807, 2.05) is 11.6 Å². The number of aromatic nitrogens is 1. The Bertz CT molecular complexity index is 340. The molecule has 1 N–H and O–H groups in total. The molecule has 1 aromatic rings. The Hall–Kier alpha value is 0.160. The SMILES string of the molecule is CCCC(C)c1sc(=N)n(C)c1C.I. The van der Waals surface area contributed by atoms with Gasteiger partial charge in [0.1, 0.15) is 0 Å². The zero-order valence-electron chi connectivity index (χ0n) is 9.26. The van der Waals surface area contributed by atoms with Crippen molar-refractivity contribution in [1.82, 2.24) is 4.57 Å². The third-order valence-corrected chi connectivity index (χ3v) is 3.93. The molecule has 0 aliphatic carbocycles. The number of nitrogens with one attached hydrogen (secondary N) is 1. The molecule has 0 aliphatic rings. The molecule has 4 heteroatoms. The van der Waals surface area contributed by atoms with E-state index >= 15 is 0 Å². The Morgan fingerprint density at radius 1 is 1.50 bits per heavy atom. The molecule has 14 heavy (non-hydrogen) atoms. The van der Waals surface area contributed by atoms with Crippen LogP contribution in [-0.4, -0.2) is 4.57 Å². The third kappa shape index (κ3) is 2.82. The smallest absolute Gasteiger partial charge is 0.182 e. The van der Waals surface area contributed by atoms with Crippen molar-refractivity contribution >= 4 is 35.3 Å². The fourth-order valence-electron chi connectivity index (χ4n) is 1.59. The molecule has 0 fully saturated rings. The van der Waals surface area contributed by atoms with Gasteiger partial charge in [0.05, 0.1) is 0 Å². The van der Waals surface area contributed by atoms with Crippen molar-refractivity contribution in [2.45, 2.75) is 39.5 Å². The summed E-state index contributed by atoms with van der Waals surface area (Å²) in [5.41, 5.74) is 1.26. The van der Waals surface area contributed by atoms with Crippen LogP contribution in [0, 0.1) is 12.3 Å². The van der Waals surface area contributed by atoms with E-state index in [1.54, 1.807) is 11.3 Å². The van der Waals surface area contributed by atoms with Gasteiger partial charge in [0.25, 0.3) is 0 Å². The van der Waals surface area contributed by atoms with Gasteiger partial charge in [-0.25, -0.2) is 0 Å². The van der Waals surface area contributed by atoms with Gasteiger partial charge in [-0.2, -0.15) is 0 Å². The van der Waals surface area contributed by atoms with Crippen LogP contribution >= 0.6 is 35.3 Å². The van der Waals surface area contributed by atoms with Gasteiger partial charge in [-0.15, -0.1) is 35.3 Å². The monoisotopic (exact) mass is 326 g/mol. The lowest BCUT2D eigenvalue weighted by Crippen LogP contribution is -2.08. The first-order chi connectivity index (χ1) is 6.07. The molecule has 1 unspecified atom stereocenters. The summed E-state index contributed by atoms with van der Waals surface area (Å²) in [7, 11) is 1.97. The third-order valence-electron chi connectivity index (χ3n) is 2.54. The van der Waals surface area contributed by atoms with Crippen molar-refractivity contribution in [1.29, 1.82) is 5.41 Å². The van der Waals surface area contributed by atoms with E-state index in [2.05, 4.69) is 20.8 Å². The minimum absolute atomic E-state index is 0. The number of hydrogen-bond acceptors (Lipinski definition) is 2. The van der Waals surface area contributed by atoms with Crippen molar-refractivity contribution in [3.63, 3.8) is 0 Å². The average Bonchev–Trinajstić information content (AvgIpc) is 2.33. The molecule has 0 spiro atoms. The molecule has 1 rings (SSSR count). The van der Waals surface area contributed by atoms with Crippen LogP contribution in [0.2, 0.25) is 0 Å². The quantitative estimate of drug-likeness (QED) is 0.825. The molecule has 2 nitrogen and oxygen atoms in total. The molecule has 0 bridgehead atoms. The minimum atomic E-state index is 0. The summed E-state index contributed by atoms with van der Waals surface area (Å²) in [5, 5.41) is 7.69. The maximum atomic E-state index is 7.69. The molecular weight excluding hydrogens is 307 g/mol. The van der Waals surface area contributed by atoms with Gasteiger partial charge >= 0.3 is 0 Å². The molecule has 0 aliphatic heterocycles. The van der Waals surface area contributed by atoms with E-state index in [0.717, 1.165) is 0 Å². The Labute approximate surface area is 107 Å². The molecule has 1 heterocycles. The molecule has 82 valence electrons. The van der Waals surface area contributed by atoms with Gasteiger partial charge < -0.3 is 4.57 Å². The maximum absolute atomic E-state index is 7.69. The van der Waals surface area contributed by atoms with Crippen LogP contribution < -0.4 is 4.80 Å². The molecule has 0 radical (unpaired) electrons. The minimum Gasteiger partial charge on any atom is -0.324 e. The highest BCUT2D eigenvalue weighted by atomic mass is 127. The van der Waals surface area contributed by atoms with Crippen molar-refractivity contribution in [2.75, 3.05) is 0 Å². The number of nitrogens with zero attached hydrogens (tertiary/aromatic N) is 1. The Balaban J connectivity index is 0.00000169. The van der Waals surface area contributed by atoms with Crippen LogP contribution in [0.1, 0.15) is 43.2 Å². The van der Waals surface area contributed by atoms with Crippen LogP contribution in [0.3, 0.4) is 0 Å². The second-order valence-corrected chi connectivity index (χ2v) is 4.64. The molecule has 0 amide bonds. The summed E-state index contributed by atoms with van der Waals surface area (Å²) in [6.07, 6.45) is 2.44. The van der Waals surface area contributed by atoms with Crippen molar-refractivity contribution in [2.24, 2.45) is 7.05 Å². The predicted molar refractivity (Wildman–Crippen MR) is 72.6 cm³/mol. The first-order valence-corrected chi connectivity index (χ1v) is 5.60. The Morgan fingerprint density at radius 3 is 2.43 bits per heavy atom. The fourth-order valence-corrected chi connectivity index (χ4v) is 2.67. The van der Waals surface area contributed by atoms with Crippen LogP contribution in [0.25, 0.3) is 0 Å². The summed E-state index contributed by atoms with van der Waals surface area (Å²) >= 11 is 1.62. The highest BCUT2D eigenvalue weighted by molar-refractivity contribution is 14.0. The van der Waals surface area contributed by atoms with Crippen LogP contribution in [0.5, 0.6) is 0 Å². The van der Waals surface area contributed by atoms with Gasteiger partial charge in [0.2, 0.25) is 0 Å². The van der Waals surface area contributed by atoms with Gasteiger partial charge in [0.15, 0.2) is 4.80 Å². The Kier molecular flexibility index (Phi) is 5.97. The zero-order valence-corrected chi connectivity index (χ0v) is 12.4. The number of rotatable bonds is 3. The highest BCUT2D eigenvalue weighted by Gasteiger charge is 2.12. The number of hydrogen-bond donors (Lipinski definition) is 1. The molecule has 0 saturated carbocycles. The van der Waals surface area contributed by atoms with Crippen molar-refractivity contribution < 1.29 is 0 Å². The van der Waals surface area contributed by atoms with Crippen LogP contribution in [0.15, 0.2) is 0 Å². The second kappa shape index (κ2) is 5.90. The average molecular weight is 326 g/mol. The van der Waals surface area contributed by atoms with Crippen molar-refractivity contribution in [3.05, 3.63) is 15.4 Å².